The number of hydrogen-bond donors (Lipinski definition) is 0. The largest absolute Gasteiger partial charge is 0.0626 e. The lowest BCUT2D eigenvalue weighted by molar-refractivity contribution is 0.136. The van der Waals surface area contributed by atoms with Gasteiger partial charge in [-0.1, -0.05) is 18.1 Å². The average molecular weight is 134 g/mol. The molecule has 0 N–H and O–H groups in total. The Balaban J connectivity index is 2.00. The van der Waals surface area contributed by atoms with Gasteiger partial charge in [-0.05, 0) is 38.0 Å². The van der Waals surface area contributed by atoms with Gasteiger partial charge in [0.05, 0.1) is 0 Å². The zero-order valence-electron chi connectivity index (χ0n) is 6.78. The molecule has 0 amide bonds. The normalized spacial score (nSPS) is 55.8. The molecule has 3 aliphatic rings. The molecular weight excluding hydrogens is 120 g/mol. The molecule has 0 saturated heterocycles. The van der Waals surface area contributed by atoms with E-state index in [9.17, 15) is 0 Å². The predicted octanol–water partition coefficient (Wildman–Crippen LogP) is 2.75. The van der Waals surface area contributed by atoms with E-state index in [0.29, 0.717) is 0 Å². The topological polar surface area (TPSA) is 0 Å². The molecule has 0 heteroatoms. The minimum absolute atomic E-state index is 0.761. The van der Waals surface area contributed by atoms with E-state index >= 15 is 0 Å². The molecule has 2 bridgehead atoms. The minimum Gasteiger partial charge on any atom is -0.0626 e. The van der Waals surface area contributed by atoms with E-state index in [4.69, 9.17) is 0 Å². The smallest absolute Gasteiger partial charge is 0.0132 e. The second-order valence-electron chi connectivity index (χ2n) is 4.45. The van der Waals surface area contributed by atoms with Gasteiger partial charge in [0.1, 0.15) is 0 Å². The first-order valence-electron chi connectivity index (χ1n) is 4.47. The molecule has 10 heavy (non-hydrogen) atoms. The van der Waals surface area contributed by atoms with Gasteiger partial charge in [0.25, 0.3) is 0 Å². The summed E-state index contributed by atoms with van der Waals surface area (Å²) in [6.07, 6.45) is 4.51. The quantitative estimate of drug-likeness (QED) is 0.447. The molecule has 0 heterocycles. The first-order chi connectivity index (χ1) is 4.76. The Labute approximate surface area is 62.3 Å². The highest BCUT2D eigenvalue weighted by Gasteiger charge is 2.65. The van der Waals surface area contributed by atoms with Gasteiger partial charge >= 0.3 is 0 Å². The lowest BCUT2D eigenvalue weighted by atomic mass is 9.59. The van der Waals surface area contributed by atoms with Gasteiger partial charge in [0, 0.05) is 5.41 Å². The van der Waals surface area contributed by atoms with Crippen molar-refractivity contribution < 1.29 is 0 Å². The predicted molar refractivity (Wildman–Crippen MR) is 41.6 cm³/mol. The molecule has 2 fully saturated rings. The van der Waals surface area contributed by atoms with Crippen LogP contribution >= 0.6 is 0 Å². The lowest BCUT2D eigenvalue weighted by Gasteiger charge is -2.45. The fourth-order valence-corrected chi connectivity index (χ4v) is 3.37. The third-order valence-corrected chi connectivity index (χ3v) is 4.23. The van der Waals surface area contributed by atoms with Crippen LogP contribution in [0.25, 0.3) is 0 Å². The van der Waals surface area contributed by atoms with Gasteiger partial charge in [0.15, 0.2) is 0 Å². The van der Waals surface area contributed by atoms with Gasteiger partial charge in [0.2, 0.25) is 0 Å². The van der Waals surface area contributed by atoms with Crippen LogP contribution in [0.15, 0.2) is 11.1 Å². The molecule has 3 unspecified atom stereocenters. The van der Waals surface area contributed by atoms with Gasteiger partial charge in [-0.25, -0.2) is 0 Å². The standard InChI is InChI=1S/C10H14/c1-6-3-4-10-5-8(6)9(10)7(10)2/h6,8H,3-5H2,1-2H3. The van der Waals surface area contributed by atoms with Crippen molar-refractivity contribution in [2.45, 2.75) is 33.1 Å². The number of allylic oxidation sites excluding steroid dienone is 2. The highest BCUT2D eigenvalue weighted by Crippen LogP contribution is 2.76. The van der Waals surface area contributed by atoms with Crippen molar-refractivity contribution in [2.75, 3.05) is 0 Å². The SMILES string of the molecule is CC1=C2C3CC12CCC3C. The summed E-state index contributed by atoms with van der Waals surface area (Å²) in [6, 6.07) is 0. The first kappa shape index (κ1) is 5.40. The van der Waals surface area contributed by atoms with Crippen LogP contribution in [0.3, 0.4) is 0 Å². The molecule has 54 valence electrons. The number of hydrogen-bond acceptors (Lipinski definition) is 0. The third-order valence-electron chi connectivity index (χ3n) is 4.23. The monoisotopic (exact) mass is 134 g/mol. The average Bonchev–Trinajstić information content (AvgIpc) is 2.29. The van der Waals surface area contributed by atoms with Gasteiger partial charge in [-0.15, -0.1) is 0 Å². The van der Waals surface area contributed by atoms with Crippen molar-refractivity contribution in [3.05, 3.63) is 11.1 Å². The molecule has 0 aromatic carbocycles. The van der Waals surface area contributed by atoms with E-state index in [2.05, 4.69) is 13.8 Å². The Bertz CT molecular complexity index is 232. The van der Waals surface area contributed by atoms with Crippen LogP contribution in [0.5, 0.6) is 0 Å². The van der Waals surface area contributed by atoms with Crippen molar-refractivity contribution in [1.82, 2.24) is 0 Å². The second-order valence-corrected chi connectivity index (χ2v) is 4.45. The molecule has 2 saturated carbocycles. The summed E-state index contributed by atoms with van der Waals surface area (Å²) in [5.74, 6) is 2.04. The number of rotatable bonds is 0. The Morgan fingerprint density at radius 2 is 2.30 bits per heavy atom. The molecule has 0 aromatic heterocycles. The van der Waals surface area contributed by atoms with Crippen LogP contribution in [0, 0.1) is 17.3 Å². The summed E-state index contributed by atoms with van der Waals surface area (Å²) >= 11 is 0. The van der Waals surface area contributed by atoms with Crippen LogP contribution in [0.1, 0.15) is 33.1 Å². The maximum absolute atomic E-state index is 2.42. The maximum Gasteiger partial charge on any atom is 0.0132 e. The fraction of sp³-hybridized carbons (Fsp3) is 0.800. The highest BCUT2D eigenvalue weighted by molar-refractivity contribution is 5.57. The van der Waals surface area contributed by atoms with E-state index < -0.39 is 0 Å². The molecular formula is C10H14. The van der Waals surface area contributed by atoms with Crippen LogP contribution in [0.4, 0.5) is 0 Å². The van der Waals surface area contributed by atoms with Gasteiger partial charge in [-0.3, -0.25) is 0 Å². The van der Waals surface area contributed by atoms with Gasteiger partial charge < -0.3 is 0 Å². The maximum atomic E-state index is 2.42. The van der Waals surface area contributed by atoms with E-state index in [1.165, 1.54) is 19.3 Å². The van der Waals surface area contributed by atoms with Crippen molar-refractivity contribution >= 4 is 0 Å². The van der Waals surface area contributed by atoms with E-state index in [0.717, 1.165) is 17.3 Å². The van der Waals surface area contributed by atoms with Crippen molar-refractivity contribution in [2.24, 2.45) is 17.3 Å². The fourth-order valence-electron chi connectivity index (χ4n) is 3.37. The highest BCUT2D eigenvalue weighted by atomic mass is 14.7. The zero-order valence-corrected chi connectivity index (χ0v) is 6.78. The molecule has 1 spiro atoms. The van der Waals surface area contributed by atoms with Crippen LogP contribution < -0.4 is 0 Å². The Morgan fingerprint density at radius 1 is 1.50 bits per heavy atom. The summed E-state index contributed by atoms with van der Waals surface area (Å²) in [4.78, 5) is 0. The molecule has 0 aliphatic heterocycles. The van der Waals surface area contributed by atoms with Crippen LogP contribution in [-0.4, -0.2) is 0 Å². The van der Waals surface area contributed by atoms with Crippen LogP contribution in [-0.2, 0) is 0 Å². The third kappa shape index (κ3) is 0.328. The van der Waals surface area contributed by atoms with Crippen LogP contribution in [0.2, 0.25) is 0 Å². The summed E-state index contributed by atoms with van der Waals surface area (Å²) in [5.41, 5.74) is 4.42. The van der Waals surface area contributed by atoms with Crippen molar-refractivity contribution in [1.29, 1.82) is 0 Å². The molecule has 3 aliphatic carbocycles. The van der Waals surface area contributed by atoms with E-state index in [1.54, 1.807) is 5.57 Å². The van der Waals surface area contributed by atoms with Gasteiger partial charge in [-0.2, -0.15) is 0 Å². The van der Waals surface area contributed by atoms with E-state index in [-0.39, 0.29) is 0 Å². The minimum atomic E-state index is 0.761. The van der Waals surface area contributed by atoms with Crippen molar-refractivity contribution in [3.63, 3.8) is 0 Å². The Kier molecular flexibility index (Phi) is 0.657. The summed E-state index contributed by atoms with van der Waals surface area (Å²) < 4.78 is 0. The molecule has 0 aromatic rings. The summed E-state index contributed by atoms with van der Waals surface area (Å²) in [6.45, 7) is 4.78. The summed E-state index contributed by atoms with van der Waals surface area (Å²) in [5, 5.41) is 0. The Hall–Kier alpha value is -0.260. The Morgan fingerprint density at radius 3 is 2.80 bits per heavy atom. The van der Waals surface area contributed by atoms with Crippen molar-refractivity contribution in [3.8, 4) is 0 Å². The molecule has 3 atom stereocenters. The second kappa shape index (κ2) is 1.22. The number of fused-ring (bicyclic) bond motifs is 2. The lowest BCUT2D eigenvalue weighted by Crippen LogP contribution is -2.36. The molecule has 3 rings (SSSR count). The van der Waals surface area contributed by atoms with E-state index in [1.807, 2.05) is 5.57 Å². The molecule has 0 radical (unpaired) electrons. The first-order valence-corrected chi connectivity index (χ1v) is 4.47. The molecule has 0 nitrogen and oxygen atoms in total. The zero-order chi connectivity index (χ0) is 6.93. The summed E-state index contributed by atoms with van der Waals surface area (Å²) in [7, 11) is 0.